The molecule has 142 valence electrons. The van der Waals surface area contributed by atoms with Crippen molar-refractivity contribution in [2.45, 2.75) is 12.6 Å². The first kappa shape index (κ1) is 18.2. The molecule has 0 aliphatic rings. The lowest BCUT2D eigenvalue weighted by molar-refractivity contribution is -0.137. The van der Waals surface area contributed by atoms with Gasteiger partial charge in [0.05, 0.1) is 40.3 Å². The molecule has 2 aromatic heterocycles. The molecule has 0 bridgehead atoms. The third-order valence-electron chi connectivity index (χ3n) is 3.96. The largest absolute Gasteiger partial charge is 0.416 e. The number of benzene rings is 2. The van der Waals surface area contributed by atoms with Crippen molar-refractivity contribution in [1.29, 1.82) is 0 Å². The quantitative estimate of drug-likeness (QED) is 0.539. The standard InChI is InChI=1S/C19H13F3N4OS/c20-19(21,22)13-5-3-4-12(8-13)9-17(27)24-14-10-23-26(11-14)18-25-15-6-1-2-7-16(15)28-18/h1-8,10-11H,9H2,(H,24,27). The normalized spacial score (nSPS) is 11.7. The summed E-state index contributed by atoms with van der Waals surface area (Å²) in [7, 11) is 0. The molecule has 0 radical (unpaired) electrons. The highest BCUT2D eigenvalue weighted by Crippen LogP contribution is 2.29. The zero-order valence-corrected chi connectivity index (χ0v) is 15.1. The van der Waals surface area contributed by atoms with Gasteiger partial charge in [0.15, 0.2) is 0 Å². The summed E-state index contributed by atoms with van der Waals surface area (Å²) in [6.07, 6.45) is -1.53. The van der Waals surface area contributed by atoms with Crippen LogP contribution >= 0.6 is 11.3 Å². The summed E-state index contributed by atoms with van der Waals surface area (Å²) in [5, 5.41) is 7.49. The Labute approximate surface area is 161 Å². The average molecular weight is 402 g/mol. The second-order valence-electron chi connectivity index (χ2n) is 6.06. The van der Waals surface area contributed by atoms with Crippen molar-refractivity contribution in [2.24, 2.45) is 0 Å². The van der Waals surface area contributed by atoms with Crippen LogP contribution in [0.2, 0.25) is 0 Å². The Morgan fingerprint density at radius 1 is 1.14 bits per heavy atom. The molecule has 0 aliphatic carbocycles. The summed E-state index contributed by atoms with van der Waals surface area (Å²) < 4.78 is 40.9. The Hall–Kier alpha value is -3.20. The van der Waals surface area contributed by atoms with E-state index in [0.29, 0.717) is 10.8 Å². The van der Waals surface area contributed by atoms with Crippen molar-refractivity contribution in [3.8, 4) is 5.13 Å². The summed E-state index contributed by atoms with van der Waals surface area (Å²) in [4.78, 5) is 16.7. The molecule has 1 N–H and O–H groups in total. The first-order chi connectivity index (χ1) is 13.4. The molecule has 1 amide bonds. The van der Waals surface area contributed by atoms with Gasteiger partial charge in [-0.25, -0.2) is 9.67 Å². The number of carbonyl (C=O) groups is 1. The van der Waals surface area contributed by atoms with Gasteiger partial charge in [-0.1, -0.05) is 41.7 Å². The van der Waals surface area contributed by atoms with Crippen molar-refractivity contribution >= 4 is 33.1 Å². The average Bonchev–Trinajstić information content (AvgIpc) is 3.27. The smallest absolute Gasteiger partial charge is 0.323 e. The molecule has 9 heteroatoms. The van der Waals surface area contributed by atoms with Crippen molar-refractivity contribution in [3.63, 3.8) is 0 Å². The molecule has 5 nitrogen and oxygen atoms in total. The van der Waals surface area contributed by atoms with E-state index in [1.54, 1.807) is 10.9 Å². The second kappa shape index (κ2) is 7.08. The Balaban J connectivity index is 1.46. The van der Waals surface area contributed by atoms with Gasteiger partial charge >= 0.3 is 6.18 Å². The topological polar surface area (TPSA) is 59.8 Å². The number of anilines is 1. The molecule has 2 aromatic carbocycles. The van der Waals surface area contributed by atoms with Gasteiger partial charge in [-0.2, -0.15) is 18.3 Å². The van der Waals surface area contributed by atoms with Crippen molar-refractivity contribution in [3.05, 3.63) is 72.1 Å². The first-order valence-electron chi connectivity index (χ1n) is 8.25. The van der Waals surface area contributed by atoms with E-state index in [0.717, 1.165) is 22.3 Å². The highest BCUT2D eigenvalue weighted by Gasteiger charge is 2.30. The van der Waals surface area contributed by atoms with Crippen LogP contribution in [0, 0.1) is 0 Å². The van der Waals surface area contributed by atoms with Gasteiger partial charge in [-0.15, -0.1) is 0 Å². The van der Waals surface area contributed by atoms with Crippen LogP contribution < -0.4 is 5.32 Å². The number of fused-ring (bicyclic) bond motifs is 1. The summed E-state index contributed by atoms with van der Waals surface area (Å²) in [6.45, 7) is 0. The number of amides is 1. The lowest BCUT2D eigenvalue weighted by Crippen LogP contribution is -2.14. The van der Waals surface area contributed by atoms with Crippen LogP contribution in [0.15, 0.2) is 60.9 Å². The number of rotatable bonds is 4. The van der Waals surface area contributed by atoms with Gasteiger partial charge in [0.1, 0.15) is 0 Å². The van der Waals surface area contributed by atoms with E-state index in [1.807, 2.05) is 24.3 Å². The third kappa shape index (κ3) is 3.89. The molecule has 0 saturated carbocycles. The first-order valence-corrected chi connectivity index (χ1v) is 9.07. The van der Waals surface area contributed by atoms with Crippen molar-refractivity contribution in [1.82, 2.24) is 14.8 Å². The van der Waals surface area contributed by atoms with Crippen molar-refractivity contribution in [2.75, 3.05) is 5.32 Å². The zero-order valence-electron chi connectivity index (χ0n) is 14.3. The number of hydrogen-bond donors (Lipinski definition) is 1. The molecule has 0 aliphatic heterocycles. The summed E-state index contributed by atoms with van der Waals surface area (Å²) in [6, 6.07) is 12.4. The minimum atomic E-state index is -4.44. The molecule has 0 fully saturated rings. The molecular weight excluding hydrogens is 389 g/mol. The predicted molar refractivity (Wildman–Crippen MR) is 101 cm³/mol. The maximum absolute atomic E-state index is 12.8. The number of carbonyl (C=O) groups excluding carboxylic acids is 1. The monoisotopic (exact) mass is 402 g/mol. The second-order valence-corrected chi connectivity index (χ2v) is 7.07. The fraction of sp³-hybridized carbons (Fsp3) is 0.105. The SMILES string of the molecule is O=C(Cc1cccc(C(F)(F)F)c1)Nc1cnn(-c2nc3ccccc3s2)c1. The fourth-order valence-corrected chi connectivity index (χ4v) is 3.60. The Morgan fingerprint density at radius 3 is 2.75 bits per heavy atom. The highest BCUT2D eigenvalue weighted by molar-refractivity contribution is 7.20. The molecule has 28 heavy (non-hydrogen) atoms. The molecule has 4 aromatic rings. The third-order valence-corrected chi connectivity index (χ3v) is 4.99. The lowest BCUT2D eigenvalue weighted by atomic mass is 10.1. The summed E-state index contributed by atoms with van der Waals surface area (Å²) in [5.74, 6) is -0.428. The van der Waals surface area contributed by atoms with Crippen LogP contribution in [-0.2, 0) is 17.4 Å². The van der Waals surface area contributed by atoms with E-state index in [1.165, 1.54) is 29.7 Å². The van der Waals surface area contributed by atoms with Gasteiger partial charge in [0.25, 0.3) is 0 Å². The van der Waals surface area contributed by atoms with E-state index in [-0.39, 0.29) is 12.0 Å². The number of nitrogens with zero attached hydrogens (tertiary/aromatic N) is 3. The number of alkyl halides is 3. The Kier molecular flexibility index (Phi) is 4.60. The molecule has 0 unspecified atom stereocenters. The van der Waals surface area contributed by atoms with E-state index in [9.17, 15) is 18.0 Å². The minimum absolute atomic E-state index is 0.170. The lowest BCUT2D eigenvalue weighted by Gasteiger charge is -2.08. The Morgan fingerprint density at radius 2 is 1.96 bits per heavy atom. The number of hydrogen-bond acceptors (Lipinski definition) is 4. The van der Waals surface area contributed by atoms with E-state index in [4.69, 9.17) is 0 Å². The van der Waals surface area contributed by atoms with Crippen LogP contribution in [-0.4, -0.2) is 20.7 Å². The van der Waals surface area contributed by atoms with E-state index < -0.39 is 17.6 Å². The minimum Gasteiger partial charge on any atom is -0.323 e. The molecule has 2 heterocycles. The summed E-state index contributed by atoms with van der Waals surface area (Å²) >= 11 is 1.46. The van der Waals surface area contributed by atoms with E-state index >= 15 is 0 Å². The molecule has 0 saturated heterocycles. The number of nitrogens with one attached hydrogen (secondary N) is 1. The number of thiazole rings is 1. The van der Waals surface area contributed by atoms with Gasteiger partial charge in [0.2, 0.25) is 11.0 Å². The van der Waals surface area contributed by atoms with Gasteiger partial charge in [-0.3, -0.25) is 4.79 Å². The molecule has 4 rings (SSSR count). The van der Waals surface area contributed by atoms with Gasteiger partial charge in [-0.05, 0) is 23.8 Å². The van der Waals surface area contributed by atoms with Crippen LogP contribution in [0.4, 0.5) is 18.9 Å². The predicted octanol–water partition coefficient (Wildman–Crippen LogP) is 4.68. The summed E-state index contributed by atoms with van der Waals surface area (Å²) in [5.41, 5.74) is 0.803. The van der Waals surface area contributed by atoms with E-state index in [2.05, 4.69) is 15.4 Å². The van der Waals surface area contributed by atoms with Gasteiger partial charge in [0, 0.05) is 0 Å². The van der Waals surface area contributed by atoms with Crippen molar-refractivity contribution < 1.29 is 18.0 Å². The van der Waals surface area contributed by atoms with Crippen LogP contribution in [0.1, 0.15) is 11.1 Å². The zero-order chi connectivity index (χ0) is 19.7. The van der Waals surface area contributed by atoms with Crippen LogP contribution in [0.5, 0.6) is 0 Å². The van der Waals surface area contributed by atoms with Crippen LogP contribution in [0.25, 0.3) is 15.3 Å². The molecular formula is C19H13F3N4OS. The number of halogens is 3. The molecule has 0 spiro atoms. The van der Waals surface area contributed by atoms with Gasteiger partial charge < -0.3 is 5.32 Å². The number of para-hydroxylation sites is 1. The number of aromatic nitrogens is 3. The van der Waals surface area contributed by atoms with Crippen LogP contribution in [0.3, 0.4) is 0 Å². The fourth-order valence-electron chi connectivity index (χ4n) is 2.70. The highest BCUT2D eigenvalue weighted by atomic mass is 32.1. The maximum atomic E-state index is 12.8. The maximum Gasteiger partial charge on any atom is 0.416 e. The Bertz CT molecular complexity index is 1120. The molecule has 0 atom stereocenters.